The summed E-state index contributed by atoms with van der Waals surface area (Å²) < 4.78 is 94.9. The molecule has 0 radical (unpaired) electrons. The van der Waals surface area contributed by atoms with Crippen LogP contribution in [-0.2, 0) is 34.8 Å². The van der Waals surface area contributed by atoms with Gasteiger partial charge >= 0.3 is 0 Å². The summed E-state index contributed by atoms with van der Waals surface area (Å²) in [6.45, 7) is 5.56. The van der Waals surface area contributed by atoms with Crippen molar-refractivity contribution >= 4 is 64.5 Å². The number of aromatic nitrogens is 1. The minimum atomic E-state index is -4.88. The maximum Gasteiger partial charge on any atom is 0.296 e. The maximum absolute atomic E-state index is 12.3. The van der Waals surface area contributed by atoms with E-state index < -0.39 is 35.0 Å². The van der Waals surface area contributed by atoms with E-state index in [-0.39, 0.29) is 62.7 Å². The van der Waals surface area contributed by atoms with Crippen molar-refractivity contribution in [2.24, 2.45) is 20.5 Å². The number of anilines is 2. The Balaban J connectivity index is 2.03. The fourth-order valence-electron chi connectivity index (χ4n) is 3.78. The van der Waals surface area contributed by atoms with E-state index in [0.717, 1.165) is 23.6 Å². The number of rotatable bonds is 16. The lowest BCUT2D eigenvalue weighted by atomic mass is 10.1. The van der Waals surface area contributed by atoms with Crippen LogP contribution in [0.2, 0.25) is 0 Å². The predicted octanol–water partition coefficient (Wildman–Crippen LogP) is 5.00. The Morgan fingerprint density at radius 2 is 1.55 bits per heavy atom. The fourth-order valence-corrected chi connectivity index (χ4v) is 5.46. The van der Waals surface area contributed by atoms with Crippen LogP contribution < -0.4 is 10.6 Å². The van der Waals surface area contributed by atoms with E-state index in [1.807, 2.05) is 6.07 Å². The lowest BCUT2D eigenvalue weighted by Crippen LogP contribution is -2.16. The summed E-state index contributed by atoms with van der Waals surface area (Å²) in [6.07, 6.45) is 0.595. The Hall–Kier alpha value is -4.65. The average Bonchev–Trinajstić information content (AvgIpc) is 3.01. The van der Waals surface area contributed by atoms with Crippen LogP contribution in [0.25, 0.3) is 0 Å². The summed E-state index contributed by atoms with van der Waals surface area (Å²) in [5.41, 5.74) is 0.213. The van der Waals surface area contributed by atoms with Crippen LogP contribution in [0.4, 0.5) is 34.4 Å². The molecule has 0 unspecified atom stereocenters. The molecule has 250 valence electrons. The van der Waals surface area contributed by atoms with Gasteiger partial charge in [-0.3, -0.25) is 9.11 Å². The Labute approximate surface area is 271 Å². The van der Waals surface area contributed by atoms with Gasteiger partial charge in [-0.25, -0.2) is 13.4 Å². The highest BCUT2D eigenvalue weighted by atomic mass is 32.2. The minimum absolute atomic E-state index is 0.00150. The number of sulfone groups is 1. The van der Waals surface area contributed by atoms with Crippen molar-refractivity contribution in [3.8, 4) is 6.07 Å². The molecule has 0 bridgehead atoms. The van der Waals surface area contributed by atoms with Crippen LogP contribution in [0.3, 0.4) is 0 Å². The molecule has 17 nitrogen and oxygen atoms in total. The first kappa shape index (κ1) is 36.8. The first-order valence-electron chi connectivity index (χ1n) is 13.4. The number of ether oxygens (including phenoxy) is 1. The third-order valence-electron chi connectivity index (χ3n) is 6.17. The second kappa shape index (κ2) is 15.8. The van der Waals surface area contributed by atoms with Crippen molar-refractivity contribution in [1.29, 1.82) is 5.26 Å². The zero-order valence-electron chi connectivity index (χ0n) is 25.0. The zero-order chi connectivity index (χ0) is 34.8. The normalized spacial score (nSPS) is 12.3. The monoisotopic (exact) mass is 706 g/mol. The summed E-state index contributed by atoms with van der Waals surface area (Å²) in [5, 5.41) is 32.5. The lowest BCUT2D eigenvalue weighted by molar-refractivity contribution is 0.197. The number of hydrogen-bond donors (Lipinski definition) is 4. The summed E-state index contributed by atoms with van der Waals surface area (Å²) >= 11 is 0. The third kappa shape index (κ3) is 10.4. The molecule has 0 aliphatic heterocycles. The maximum atomic E-state index is 12.3. The van der Waals surface area contributed by atoms with Crippen molar-refractivity contribution in [1.82, 2.24) is 4.98 Å². The van der Waals surface area contributed by atoms with Gasteiger partial charge < -0.3 is 15.4 Å². The van der Waals surface area contributed by atoms with Crippen molar-refractivity contribution in [3.05, 3.63) is 65.6 Å². The Morgan fingerprint density at radius 1 is 0.915 bits per heavy atom. The van der Waals surface area contributed by atoms with Gasteiger partial charge in [-0.05, 0) is 55.8 Å². The molecular formula is C27H30N8O9S3. The van der Waals surface area contributed by atoms with E-state index in [1.54, 1.807) is 14.0 Å². The van der Waals surface area contributed by atoms with Crippen LogP contribution in [-0.4, -0.2) is 71.9 Å². The SMILES string of the molecule is C=CS(=O)(=O)CCNc1nc(NCCCOC)c(C#N)c(C)c1N=Nc1ccc(N=Nc2ccc(S(=O)(=O)O)cc2)cc1S(=O)(=O)O. The van der Waals surface area contributed by atoms with Crippen LogP contribution in [0, 0.1) is 18.3 Å². The molecule has 0 amide bonds. The van der Waals surface area contributed by atoms with Crippen LogP contribution in [0.1, 0.15) is 17.5 Å². The molecule has 0 aliphatic carbocycles. The number of nitrogens with zero attached hydrogens (tertiary/aromatic N) is 6. The quantitative estimate of drug-likeness (QED) is 0.0868. The Bertz CT molecular complexity index is 2060. The van der Waals surface area contributed by atoms with Gasteiger partial charge in [-0.15, -0.1) is 10.2 Å². The molecule has 1 heterocycles. The van der Waals surface area contributed by atoms with Gasteiger partial charge in [-0.1, -0.05) is 6.58 Å². The highest BCUT2D eigenvalue weighted by Crippen LogP contribution is 2.37. The minimum Gasteiger partial charge on any atom is -0.385 e. The molecule has 0 aliphatic rings. The molecule has 20 heteroatoms. The number of nitriles is 1. The second-order valence-electron chi connectivity index (χ2n) is 9.50. The van der Waals surface area contributed by atoms with Crippen LogP contribution in [0.5, 0.6) is 0 Å². The summed E-state index contributed by atoms with van der Waals surface area (Å²) in [4.78, 5) is 3.37. The smallest absolute Gasteiger partial charge is 0.296 e. The number of methoxy groups -OCH3 is 1. The van der Waals surface area contributed by atoms with E-state index >= 15 is 0 Å². The van der Waals surface area contributed by atoms with Gasteiger partial charge in [0.2, 0.25) is 0 Å². The van der Waals surface area contributed by atoms with Crippen molar-refractivity contribution in [2.45, 2.75) is 23.1 Å². The van der Waals surface area contributed by atoms with E-state index in [9.17, 15) is 35.1 Å². The average molecular weight is 707 g/mol. The van der Waals surface area contributed by atoms with Gasteiger partial charge in [-0.2, -0.15) is 32.3 Å². The number of nitrogens with one attached hydrogen (secondary N) is 2. The topological polar surface area (TPSA) is 262 Å². The first-order chi connectivity index (χ1) is 22.1. The van der Waals surface area contributed by atoms with E-state index in [0.29, 0.717) is 19.6 Å². The van der Waals surface area contributed by atoms with Crippen LogP contribution >= 0.6 is 0 Å². The largest absolute Gasteiger partial charge is 0.385 e. The van der Waals surface area contributed by atoms with Crippen LogP contribution in [0.15, 0.2) is 84.7 Å². The number of pyridine rings is 1. The molecule has 3 rings (SSSR count). The molecule has 0 fully saturated rings. The van der Waals surface area contributed by atoms with Gasteiger partial charge in [0.1, 0.15) is 28.2 Å². The summed E-state index contributed by atoms with van der Waals surface area (Å²) in [7, 11) is -11.3. The predicted molar refractivity (Wildman–Crippen MR) is 172 cm³/mol. The third-order valence-corrected chi connectivity index (χ3v) is 9.20. The van der Waals surface area contributed by atoms with Crippen molar-refractivity contribution < 1.29 is 39.1 Å². The molecule has 0 spiro atoms. The number of benzene rings is 2. The molecule has 2 aromatic carbocycles. The molecule has 0 saturated heterocycles. The van der Waals surface area contributed by atoms with E-state index in [2.05, 4.69) is 42.7 Å². The van der Waals surface area contributed by atoms with Gasteiger partial charge in [0.25, 0.3) is 20.2 Å². The number of azo groups is 2. The van der Waals surface area contributed by atoms with Gasteiger partial charge in [0.05, 0.1) is 27.6 Å². The summed E-state index contributed by atoms with van der Waals surface area (Å²) in [6, 6.07) is 10.2. The molecule has 1 aromatic heterocycles. The van der Waals surface area contributed by atoms with E-state index in [4.69, 9.17) is 9.29 Å². The van der Waals surface area contributed by atoms with Gasteiger partial charge in [0.15, 0.2) is 15.7 Å². The standard InChI is InChI=1S/C27H30N8O9S3/c1-4-45(36,37)15-13-30-27-25(18(2)22(17-28)26(31-27)29-12-5-14-44-3)35-34-23-11-8-20(16-24(23)47(41,42)43)33-32-19-6-9-21(10-7-19)46(38,39)40/h4,6-11,16H,1,5,12-15H2,2-3H3,(H2,29,30,31)(H,38,39,40)(H,41,42,43). The van der Waals surface area contributed by atoms with E-state index in [1.165, 1.54) is 24.3 Å². The second-order valence-corrected chi connectivity index (χ2v) is 14.4. The number of hydrogen-bond acceptors (Lipinski definition) is 15. The zero-order valence-corrected chi connectivity index (χ0v) is 27.5. The molecule has 4 N–H and O–H groups in total. The molecule has 0 atom stereocenters. The molecule has 0 saturated carbocycles. The highest BCUT2D eigenvalue weighted by Gasteiger charge is 2.20. The Kier molecular flexibility index (Phi) is 12.3. The lowest BCUT2D eigenvalue weighted by Gasteiger charge is -2.15. The highest BCUT2D eigenvalue weighted by molar-refractivity contribution is 7.94. The Morgan fingerprint density at radius 3 is 2.15 bits per heavy atom. The molecule has 3 aromatic rings. The fraction of sp³-hybridized carbons (Fsp3) is 0.259. The van der Waals surface area contributed by atoms with Gasteiger partial charge in [0, 0.05) is 37.8 Å². The van der Waals surface area contributed by atoms with Crippen molar-refractivity contribution in [3.63, 3.8) is 0 Å². The molecular weight excluding hydrogens is 677 g/mol. The summed E-state index contributed by atoms with van der Waals surface area (Å²) in [5.74, 6) is -0.106. The molecule has 47 heavy (non-hydrogen) atoms. The van der Waals surface area contributed by atoms with Crippen molar-refractivity contribution in [2.75, 3.05) is 43.2 Å². The first-order valence-corrected chi connectivity index (χ1v) is 18.0.